The summed E-state index contributed by atoms with van der Waals surface area (Å²) in [5.41, 5.74) is 0. The van der Waals surface area contributed by atoms with Gasteiger partial charge in [-0.15, -0.1) is 11.3 Å². The first-order chi connectivity index (χ1) is 7.04. The van der Waals surface area contributed by atoms with Crippen LogP contribution in [0.4, 0.5) is 0 Å². The highest BCUT2D eigenvalue weighted by atomic mass is 79.9. The maximum atomic E-state index is 11.9. The molecule has 0 spiro atoms. The zero-order chi connectivity index (χ0) is 11.1. The molecule has 2 unspecified atom stereocenters. The number of nitrogens with one attached hydrogen (secondary N) is 1. The molecule has 1 aliphatic carbocycles. The van der Waals surface area contributed by atoms with Crippen molar-refractivity contribution in [3.05, 3.63) is 15.9 Å². The molecule has 15 heavy (non-hydrogen) atoms. The van der Waals surface area contributed by atoms with Gasteiger partial charge in [0.05, 0.1) is 0 Å². The Labute approximate surface area is 102 Å². The van der Waals surface area contributed by atoms with Crippen LogP contribution in [-0.2, 0) is 10.0 Å². The minimum absolute atomic E-state index is 0.147. The minimum atomic E-state index is -3.31. The van der Waals surface area contributed by atoms with Crippen molar-refractivity contribution in [3.63, 3.8) is 0 Å². The largest absolute Gasteiger partial charge is 0.251 e. The monoisotopic (exact) mass is 309 g/mol. The quantitative estimate of drug-likeness (QED) is 0.929. The van der Waals surface area contributed by atoms with Gasteiger partial charge in [-0.1, -0.05) is 13.3 Å². The molecule has 1 fully saturated rings. The Morgan fingerprint density at radius 3 is 2.87 bits per heavy atom. The van der Waals surface area contributed by atoms with E-state index < -0.39 is 10.0 Å². The van der Waals surface area contributed by atoms with E-state index in [2.05, 4.69) is 27.6 Å². The Morgan fingerprint density at radius 2 is 2.40 bits per heavy atom. The molecule has 2 rings (SSSR count). The average molecular weight is 310 g/mol. The Kier molecular flexibility index (Phi) is 3.21. The first-order valence-electron chi connectivity index (χ1n) is 4.80. The number of hydrogen-bond acceptors (Lipinski definition) is 3. The van der Waals surface area contributed by atoms with Gasteiger partial charge in [-0.3, -0.25) is 0 Å². The van der Waals surface area contributed by atoms with Gasteiger partial charge in [0.15, 0.2) is 0 Å². The highest BCUT2D eigenvalue weighted by Gasteiger charge is 2.39. The third-order valence-corrected chi connectivity index (χ3v) is 6.74. The summed E-state index contributed by atoms with van der Waals surface area (Å²) < 4.78 is 27.5. The van der Waals surface area contributed by atoms with Crippen molar-refractivity contribution in [1.29, 1.82) is 0 Å². The van der Waals surface area contributed by atoms with Crippen LogP contribution in [0.1, 0.15) is 19.8 Å². The molecular weight excluding hydrogens is 298 g/mol. The molecule has 1 aromatic heterocycles. The van der Waals surface area contributed by atoms with Crippen molar-refractivity contribution in [1.82, 2.24) is 4.72 Å². The van der Waals surface area contributed by atoms with Crippen LogP contribution in [-0.4, -0.2) is 14.5 Å². The van der Waals surface area contributed by atoms with E-state index in [1.165, 1.54) is 11.3 Å². The first-order valence-corrected chi connectivity index (χ1v) is 7.95. The topological polar surface area (TPSA) is 46.2 Å². The molecule has 1 saturated carbocycles. The molecule has 0 saturated heterocycles. The number of thiophene rings is 1. The van der Waals surface area contributed by atoms with Crippen molar-refractivity contribution in [3.8, 4) is 0 Å². The van der Waals surface area contributed by atoms with Crippen molar-refractivity contribution >= 4 is 37.3 Å². The van der Waals surface area contributed by atoms with Gasteiger partial charge in [0.1, 0.15) is 4.21 Å². The normalized spacial score (nSPS) is 25.5. The first kappa shape index (κ1) is 11.6. The second-order valence-corrected chi connectivity index (χ2v) is 7.37. The Hall–Kier alpha value is 0.0900. The molecule has 6 heteroatoms. The maximum absolute atomic E-state index is 11.9. The fourth-order valence-electron chi connectivity index (χ4n) is 1.57. The van der Waals surface area contributed by atoms with E-state index in [0.29, 0.717) is 14.6 Å². The molecule has 1 heterocycles. The second-order valence-electron chi connectivity index (χ2n) is 3.69. The molecule has 0 amide bonds. The third kappa shape index (κ3) is 2.43. The van der Waals surface area contributed by atoms with E-state index in [4.69, 9.17) is 0 Å². The summed E-state index contributed by atoms with van der Waals surface area (Å²) in [6, 6.07) is 1.90. The highest BCUT2D eigenvalue weighted by Crippen LogP contribution is 2.36. The fourth-order valence-corrected chi connectivity index (χ4v) is 5.24. The van der Waals surface area contributed by atoms with Gasteiger partial charge in [0, 0.05) is 10.5 Å². The Balaban J connectivity index is 2.12. The molecule has 0 aliphatic heterocycles. The van der Waals surface area contributed by atoms with E-state index in [1.54, 1.807) is 11.4 Å². The van der Waals surface area contributed by atoms with Crippen LogP contribution in [0.15, 0.2) is 20.1 Å². The lowest BCUT2D eigenvalue weighted by atomic mass is 10.3. The van der Waals surface area contributed by atoms with Crippen LogP contribution in [0.5, 0.6) is 0 Å². The van der Waals surface area contributed by atoms with Crippen LogP contribution in [0.3, 0.4) is 0 Å². The second kappa shape index (κ2) is 4.16. The summed E-state index contributed by atoms with van der Waals surface area (Å²) >= 11 is 4.47. The van der Waals surface area contributed by atoms with E-state index in [9.17, 15) is 8.42 Å². The molecular formula is C9H12BrNO2S2. The van der Waals surface area contributed by atoms with Gasteiger partial charge >= 0.3 is 0 Å². The zero-order valence-corrected chi connectivity index (χ0v) is 11.5. The Bertz CT molecular complexity index is 454. The van der Waals surface area contributed by atoms with E-state index in [-0.39, 0.29) is 6.04 Å². The smallest absolute Gasteiger partial charge is 0.207 e. The van der Waals surface area contributed by atoms with Gasteiger partial charge in [-0.2, -0.15) is 0 Å². The summed E-state index contributed by atoms with van der Waals surface area (Å²) in [5, 5.41) is 1.77. The predicted molar refractivity (Wildman–Crippen MR) is 64.5 cm³/mol. The maximum Gasteiger partial charge on any atom is 0.251 e. The summed E-state index contributed by atoms with van der Waals surface area (Å²) in [4.78, 5) is 0. The summed E-state index contributed by atoms with van der Waals surface area (Å²) in [6.45, 7) is 2.08. The third-order valence-electron chi connectivity index (χ3n) is 2.58. The molecule has 0 radical (unpaired) electrons. The summed E-state index contributed by atoms with van der Waals surface area (Å²) in [6.07, 6.45) is 2.01. The number of rotatable bonds is 4. The van der Waals surface area contributed by atoms with Gasteiger partial charge in [0.2, 0.25) is 0 Å². The molecule has 1 N–H and O–H groups in total. The van der Waals surface area contributed by atoms with Crippen LogP contribution in [0.2, 0.25) is 0 Å². The molecule has 3 nitrogen and oxygen atoms in total. The van der Waals surface area contributed by atoms with Crippen LogP contribution >= 0.6 is 27.3 Å². The van der Waals surface area contributed by atoms with E-state index in [0.717, 1.165) is 12.8 Å². The number of halogens is 1. The number of sulfonamides is 1. The van der Waals surface area contributed by atoms with Gasteiger partial charge in [-0.25, -0.2) is 13.1 Å². The highest BCUT2D eigenvalue weighted by molar-refractivity contribution is 9.10. The lowest BCUT2D eigenvalue weighted by molar-refractivity contribution is 0.577. The van der Waals surface area contributed by atoms with Gasteiger partial charge < -0.3 is 0 Å². The zero-order valence-electron chi connectivity index (χ0n) is 8.23. The molecule has 0 aromatic carbocycles. The van der Waals surface area contributed by atoms with Gasteiger partial charge in [-0.05, 0) is 39.7 Å². The Morgan fingerprint density at radius 1 is 1.67 bits per heavy atom. The molecule has 84 valence electrons. The van der Waals surface area contributed by atoms with Crippen LogP contribution < -0.4 is 4.72 Å². The van der Waals surface area contributed by atoms with E-state index in [1.807, 2.05) is 0 Å². The summed E-state index contributed by atoms with van der Waals surface area (Å²) in [5.74, 6) is 0.526. The van der Waals surface area contributed by atoms with Crippen molar-refractivity contribution in [2.24, 2.45) is 5.92 Å². The number of hydrogen-bond donors (Lipinski definition) is 1. The predicted octanol–water partition coefficient (Wildman–Crippen LogP) is 2.59. The minimum Gasteiger partial charge on any atom is -0.207 e. The lowest BCUT2D eigenvalue weighted by Crippen LogP contribution is -2.26. The van der Waals surface area contributed by atoms with Crippen molar-refractivity contribution in [2.75, 3.05) is 0 Å². The standard InChI is InChI=1S/C9H12BrNO2S2/c1-2-6-5-8(6)11-15(12,13)9-7(10)3-4-14-9/h3-4,6,8,11H,2,5H2,1H3. The van der Waals surface area contributed by atoms with E-state index >= 15 is 0 Å². The van der Waals surface area contributed by atoms with Gasteiger partial charge in [0.25, 0.3) is 10.0 Å². The molecule has 2 atom stereocenters. The lowest BCUT2D eigenvalue weighted by Gasteiger charge is -2.03. The SMILES string of the molecule is CCC1CC1NS(=O)(=O)c1sccc1Br. The molecule has 1 aromatic rings. The fraction of sp³-hybridized carbons (Fsp3) is 0.556. The summed E-state index contributed by atoms with van der Waals surface area (Å²) in [7, 11) is -3.31. The molecule has 1 aliphatic rings. The van der Waals surface area contributed by atoms with Crippen LogP contribution in [0.25, 0.3) is 0 Å². The van der Waals surface area contributed by atoms with Crippen molar-refractivity contribution < 1.29 is 8.42 Å². The molecule has 0 bridgehead atoms. The van der Waals surface area contributed by atoms with Crippen molar-refractivity contribution in [2.45, 2.75) is 30.0 Å². The average Bonchev–Trinajstić information content (AvgIpc) is 2.74. The van der Waals surface area contributed by atoms with Crippen LogP contribution in [0, 0.1) is 5.92 Å².